The topological polar surface area (TPSA) is 68.0 Å². The lowest BCUT2D eigenvalue weighted by Gasteiger charge is -2.04. The van der Waals surface area contributed by atoms with Gasteiger partial charge >= 0.3 is 5.97 Å². The molecular formula is C15H13N3O2. The highest BCUT2D eigenvalue weighted by molar-refractivity contribution is 6.03. The van der Waals surface area contributed by atoms with Crippen molar-refractivity contribution in [3.8, 4) is 0 Å². The largest absolute Gasteiger partial charge is 0.478 e. The molecule has 0 spiro atoms. The van der Waals surface area contributed by atoms with Gasteiger partial charge < -0.3 is 9.67 Å². The minimum absolute atomic E-state index is 0.244. The lowest BCUT2D eigenvalue weighted by molar-refractivity contribution is 0.0698. The molecule has 3 rings (SSSR count). The first-order chi connectivity index (χ1) is 9.66. The van der Waals surface area contributed by atoms with Gasteiger partial charge in [-0.05, 0) is 5.56 Å². The highest BCUT2D eigenvalue weighted by atomic mass is 16.4. The van der Waals surface area contributed by atoms with Crippen molar-refractivity contribution in [2.45, 2.75) is 6.42 Å². The number of hydrogen-bond donors (Lipinski definition) is 1. The minimum atomic E-state index is -0.959. The second-order valence-electron chi connectivity index (χ2n) is 4.64. The lowest BCUT2D eigenvalue weighted by Crippen LogP contribution is -2.00. The van der Waals surface area contributed by atoms with E-state index in [1.807, 2.05) is 30.3 Å². The van der Waals surface area contributed by atoms with E-state index in [4.69, 9.17) is 0 Å². The molecule has 5 nitrogen and oxygen atoms in total. The molecule has 0 saturated heterocycles. The number of aryl methyl sites for hydroxylation is 1. The smallest absolute Gasteiger partial charge is 0.338 e. The van der Waals surface area contributed by atoms with Crippen molar-refractivity contribution >= 4 is 17.0 Å². The molecule has 0 aliphatic carbocycles. The van der Waals surface area contributed by atoms with Gasteiger partial charge in [-0.3, -0.25) is 0 Å². The summed E-state index contributed by atoms with van der Waals surface area (Å²) in [7, 11) is 1.79. The van der Waals surface area contributed by atoms with Gasteiger partial charge in [0.2, 0.25) is 0 Å². The van der Waals surface area contributed by atoms with Gasteiger partial charge in [-0.2, -0.15) is 0 Å². The molecule has 1 N–H and O–H groups in total. The third-order valence-corrected chi connectivity index (χ3v) is 3.28. The van der Waals surface area contributed by atoms with Gasteiger partial charge in [-0.15, -0.1) is 0 Å². The van der Waals surface area contributed by atoms with E-state index in [2.05, 4.69) is 9.97 Å². The first-order valence-electron chi connectivity index (χ1n) is 6.23. The van der Waals surface area contributed by atoms with Gasteiger partial charge in [0, 0.05) is 19.7 Å². The molecule has 1 aromatic carbocycles. The highest BCUT2D eigenvalue weighted by Gasteiger charge is 2.18. The van der Waals surface area contributed by atoms with E-state index in [0.29, 0.717) is 17.5 Å². The van der Waals surface area contributed by atoms with Crippen LogP contribution in [0.15, 0.2) is 42.9 Å². The van der Waals surface area contributed by atoms with Crippen LogP contribution in [0.5, 0.6) is 0 Å². The van der Waals surface area contributed by atoms with Crippen LogP contribution in [0, 0.1) is 0 Å². The Kier molecular flexibility index (Phi) is 2.95. The molecule has 5 heteroatoms. The number of aromatic nitrogens is 3. The summed E-state index contributed by atoms with van der Waals surface area (Å²) in [5.74, 6) is -0.959. The number of carboxylic acid groups (broad SMARTS) is 1. The Morgan fingerprint density at radius 3 is 2.70 bits per heavy atom. The number of rotatable bonds is 3. The number of carboxylic acids is 1. The average Bonchev–Trinajstić information content (AvgIpc) is 2.79. The van der Waals surface area contributed by atoms with E-state index in [-0.39, 0.29) is 5.56 Å². The SMILES string of the molecule is Cn1cc(C(=O)O)c2c(Cc3ccccc3)ncnc21. The molecule has 2 aromatic heterocycles. The molecule has 0 amide bonds. The maximum atomic E-state index is 11.4. The highest BCUT2D eigenvalue weighted by Crippen LogP contribution is 2.23. The van der Waals surface area contributed by atoms with Crippen LogP contribution in [0.4, 0.5) is 0 Å². The average molecular weight is 267 g/mol. The lowest BCUT2D eigenvalue weighted by atomic mass is 10.1. The zero-order chi connectivity index (χ0) is 14.1. The number of benzene rings is 1. The van der Waals surface area contributed by atoms with Crippen LogP contribution in [0.25, 0.3) is 11.0 Å². The third-order valence-electron chi connectivity index (χ3n) is 3.28. The van der Waals surface area contributed by atoms with Crippen LogP contribution in [-0.4, -0.2) is 25.6 Å². The summed E-state index contributed by atoms with van der Waals surface area (Å²) >= 11 is 0. The molecular weight excluding hydrogens is 254 g/mol. The van der Waals surface area contributed by atoms with Gasteiger partial charge in [-0.1, -0.05) is 30.3 Å². The van der Waals surface area contributed by atoms with Crippen LogP contribution in [0.1, 0.15) is 21.6 Å². The standard InChI is InChI=1S/C15H13N3O2/c1-18-8-11(15(19)20)13-12(16-9-17-14(13)18)7-10-5-3-2-4-6-10/h2-6,8-9H,7H2,1H3,(H,19,20). The monoisotopic (exact) mass is 267 g/mol. The normalized spacial score (nSPS) is 10.8. The Morgan fingerprint density at radius 1 is 1.25 bits per heavy atom. The van der Waals surface area contributed by atoms with E-state index in [9.17, 15) is 9.90 Å². The number of aromatic carboxylic acids is 1. The van der Waals surface area contributed by atoms with Crippen molar-refractivity contribution in [2.75, 3.05) is 0 Å². The van der Waals surface area contributed by atoms with Gasteiger partial charge in [0.05, 0.1) is 16.6 Å². The summed E-state index contributed by atoms with van der Waals surface area (Å²) in [6.45, 7) is 0. The van der Waals surface area contributed by atoms with Crippen molar-refractivity contribution in [1.82, 2.24) is 14.5 Å². The quantitative estimate of drug-likeness (QED) is 0.790. The summed E-state index contributed by atoms with van der Waals surface area (Å²) in [6.07, 6.45) is 3.65. The molecule has 0 saturated carbocycles. The van der Waals surface area contributed by atoms with E-state index in [1.54, 1.807) is 17.8 Å². The Hall–Kier alpha value is -2.69. The van der Waals surface area contributed by atoms with E-state index in [1.165, 1.54) is 6.33 Å². The van der Waals surface area contributed by atoms with E-state index >= 15 is 0 Å². The zero-order valence-corrected chi connectivity index (χ0v) is 10.9. The second kappa shape index (κ2) is 4.77. The Morgan fingerprint density at radius 2 is 2.00 bits per heavy atom. The van der Waals surface area contributed by atoms with Crippen molar-refractivity contribution in [2.24, 2.45) is 7.05 Å². The summed E-state index contributed by atoms with van der Waals surface area (Å²) < 4.78 is 1.72. The van der Waals surface area contributed by atoms with Crippen LogP contribution in [-0.2, 0) is 13.5 Å². The van der Waals surface area contributed by atoms with Crippen molar-refractivity contribution in [1.29, 1.82) is 0 Å². The summed E-state index contributed by atoms with van der Waals surface area (Å²) in [5.41, 5.74) is 2.71. The molecule has 0 aliphatic rings. The Bertz CT molecular complexity index is 778. The molecule has 3 aromatic rings. The molecule has 0 unspecified atom stereocenters. The molecule has 2 heterocycles. The molecule has 20 heavy (non-hydrogen) atoms. The first kappa shape index (κ1) is 12.3. The third kappa shape index (κ3) is 2.03. The van der Waals surface area contributed by atoms with Crippen molar-refractivity contribution < 1.29 is 9.90 Å². The first-order valence-corrected chi connectivity index (χ1v) is 6.23. The van der Waals surface area contributed by atoms with Crippen molar-refractivity contribution in [3.05, 3.63) is 59.7 Å². The Balaban J connectivity index is 2.18. The molecule has 0 atom stereocenters. The second-order valence-corrected chi connectivity index (χ2v) is 4.64. The van der Waals surface area contributed by atoms with E-state index < -0.39 is 5.97 Å². The van der Waals surface area contributed by atoms with E-state index in [0.717, 1.165) is 11.3 Å². The maximum absolute atomic E-state index is 11.4. The predicted molar refractivity (Wildman–Crippen MR) is 74.7 cm³/mol. The Labute approximate surface area is 115 Å². The number of hydrogen-bond acceptors (Lipinski definition) is 3. The van der Waals surface area contributed by atoms with Gasteiger partial charge in [0.15, 0.2) is 0 Å². The fraction of sp³-hybridized carbons (Fsp3) is 0.133. The van der Waals surface area contributed by atoms with Gasteiger partial charge in [0.1, 0.15) is 12.0 Å². The molecule has 100 valence electrons. The number of fused-ring (bicyclic) bond motifs is 1. The van der Waals surface area contributed by atoms with Crippen LogP contribution < -0.4 is 0 Å². The number of carbonyl (C=O) groups is 1. The fourth-order valence-corrected chi connectivity index (χ4v) is 2.36. The summed E-state index contributed by atoms with van der Waals surface area (Å²) in [5, 5.41) is 9.93. The zero-order valence-electron chi connectivity index (χ0n) is 10.9. The van der Waals surface area contributed by atoms with Gasteiger partial charge in [0.25, 0.3) is 0 Å². The maximum Gasteiger partial charge on any atom is 0.338 e. The van der Waals surface area contributed by atoms with Crippen LogP contribution in [0.2, 0.25) is 0 Å². The predicted octanol–water partition coefficient (Wildman–Crippen LogP) is 2.26. The molecule has 0 bridgehead atoms. The van der Waals surface area contributed by atoms with Crippen LogP contribution >= 0.6 is 0 Å². The van der Waals surface area contributed by atoms with Crippen molar-refractivity contribution in [3.63, 3.8) is 0 Å². The minimum Gasteiger partial charge on any atom is -0.478 e. The summed E-state index contributed by atoms with van der Waals surface area (Å²) in [6, 6.07) is 9.85. The molecule has 0 fully saturated rings. The fourth-order valence-electron chi connectivity index (χ4n) is 2.36. The van der Waals surface area contributed by atoms with Crippen LogP contribution in [0.3, 0.4) is 0 Å². The molecule has 0 radical (unpaired) electrons. The molecule has 0 aliphatic heterocycles. The number of nitrogens with zero attached hydrogens (tertiary/aromatic N) is 3. The van der Waals surface area contributed by atoms with Gasteiger partial charge in [-0.25, -0.2) is 14.8 Å². The summed E-state index contributed by atoms with van der Waals surface area (Å²) in [4.78, 5) is 19.8.